The summed E-state index contributed by atoms with van der Waals surface area (Å²) in [5, 5.41) is 0.828. The molecule has 0 radical (unpaired) electrons. The third-order valence-electron chi connectivity index (χ3n) is 6.40. The summed E-state index contributed by atoms with van der Waals surface area (Å²) < 4.78 is 47.6. The lowest BCUT2D eigenvalue weighted by atomic mass is 9.70. The third kappa shape index (κ3) is 7.11. The second-order valence-corrected chi connectivity index (χ2v) is 12.7. The van der Waals surface area contributed by atoms with Gasteiger partial charge in [0.05, 0.1) is 19.5 Å². The van der Waals surface area contributed by atoms with Crippen LogP contribution >= 0.6 is 38.8 Å². The van der Waals surface area contributed by atoms with Crippen LogP contribution in [-0.2, 0) is 18.2 Å². The lowest BCUT2D eigenvalue weighted by Gasteiger charge is -2.45. The van der Waals surface area contributed by atoms with Crippen molar-refractivity contribution < 1.29 is 37.0 Å². The van der Waals surface area contributed by atoms with Gasteiger partial charge in [0.15, 0.2) is 11.2 Å². The molecular formula is C23H23Cl2N5O9P2. The summed E-state index contributed by atoms with van der Waals surface area (Å²) in [6.45, 7) is -0.589. The minimum Gasteiger partial charge on any atom is -0.404 e. The van der Waals surface area contributed by atoms with Crippen LogP contribution in [0.5, 0.6) is 11.5 Å². The zero-order chi connectivity index (χ0) is 29.4. The zero-order valence-electron chi connectivity index (χ0n) is 20.9. The van der Waals surface area contributed by atoms with E-state index in [9.17, 15) is 23.7 Å². The fourth-order valence-corrected chi connectivity index (χ4v) is 6.28. The maximum Gasteiger partial charge on any atom is 0.527 e. The molecule has 2 heterocycles. The van der Waals surface area contributed by atoms with Gasteiger partial charge in [0.2, 0.25) is 5.95 Å². The van der Waals surface area contributed by atoms with Crippen LogP contribution in [0.3, 0.4) is 0 Å². The quantitative estimate of drug-likeness (QED) is 0.166. The lowest BCUT2D eigenvalue weighted by Crippen LogP contribution is -2.43. The highest BCUT2D eigenvalue weighted by Gasteiger charge is 2.46. The molecule has 2 aromatic carbocycles. The predicted octanol–water partition coefficient (Wildman–Crippen LogP) is 4.58. The van der Waals surface area contributed by atoms with Crippen LogP contribution in [0.25, 0.3) is 11.2 Å². The number of nitrogens with two attached hydrogens (primary N) is 1. The summed E-state index contributed by atoms with van der Waals surface area (Å²) in [6, 6.07) is 11.1. The van der Waals surface area contributed by atoms with E-state index in [1.807, 2.05) is 0 Å². The van der Waals surface area contributed by atoms with Gasteiger partial charge in [-0.3, -0.25) is 28.6 Å². The maximum atomic E-state index is 12.7. The number of nitrogens with zero attached hydrogens (tertiary/aromatic N) is 3. The van der Waals surface area contributed by atoms with Crippen LogP contribution in [-0.4, -0.2) is 42.5 Å². The van der Waals surface area contributed by atoms with Crippen LogP contribution in [0.15, 0.2) is 59.7 Å². The van der Waals surface area contributed by atoms with Crippen molar-refractivity contribution in [2.24, 2.45) is 11.8 Å². The molecule has 14 nitrogen and oxygen atoms in total. The number of phosphoric ester groups is 2. The van der Waals surface area contributed by atoms with E-state index in [0.29, 0.717) is 16.5 Å². The molecule has 218 valence electrons. The fraction of sp³-hybridized carbons (Fsp3) is 0.261. The van der Waals surface area contributed by atoms with Crippen molar-refractivity contribution in [2.45, 2.75) is 12.5 Å². The number of nitrogens with one attached hydrogen (secondary N) is 1. The van der Waals surface area contributed by atoms with Crippen LogP contribution in [0, 0.1) is 11.8 Å². The number of rotatable bonds is 11. The monoisotopic (exact) mass is 645 g/mol. The molecule has 2 aromatic heterocycles. The second kappa shape index (κ2) is 11.7. The molecule has 4 aromatic rings. The number of phosphoric acid groups is 2. The molecule has 1 fully saturated rings. The molecule has 5 N–H and O–H groups in total. The number of hydrogen-bond acceptors (Lipinski definition) is 10. The Morgan fingerprint density at radius 1 is 0.951 bits per heavy atom. The average Bonchev–Trinajstić information content (AvgIpc) is 3.29. The molecule has 5 atom stereocenters. The van der Waals surface area contributed by atoms with Gasteiger partial charge in [-0.15, -0.1) is 0 Å². The third-order valence-corrected chi connectivity index (χ3v) is 8.74. The van der Waals surface area contributed by atoms with E-state index in [-0.39, 0.29) is 41.8 Å². The number of nitrogen functional groups attached to an aromatic ring is 1. The molecule has 1 saturated carbocycles. The fourth-order valence-electron chi connectivity index (χ4n) is 4.40. The Kier molecular flexibility index (Phi) is 8.47. The molecule has 0 spiro atoms. The Labute approximate surface area is 242 Å². The minimum atomic E-state index is -4.60. The summed E-state index contributed by atoms with van der Waals surface area (Å²) in [4.78, 5) is 43.5. The Morgan fingerprint density at radius 3 is 2.05 bits per heavy atom. The molecule has 1 aliphatic rings. The van der Waals surface area contributed by atoms with Crippen LogP contribution in [0.4, 0.5) is 5.95 Å². The highest BCUT2D eigenvalue weighted by Crippen LogP contribution is 2.52. The summed E-state index contributed by atoms with van der Waals surface area (Å²) in [7, 11) is -9.14. The van der Waals surface area contributed by atoms with Crippen molar-refractivity contribution in [1.29, 1.82) is 0 Å². The lowest BCUT2D eigenvalue weighted by molar-refractivity contribution is -0.00444. The zero-order valence-corrected chi connectivity index (χ0v) is 24.2. The summed E-state index contributed by atoms with van der Waals surface area (Å²) in [5.74, 6) is -0.995. The summed E-state index contributed by atoms with van der Waals surface area (Å²) in [5.41, 5.74) is 5.43. The van der Waals surface area contributed by atoms with Crippen molar-refractivity contribution in [3.05, 3.63) is 75.3 Å². The molecule has 5 rings (SSSR count). The second-order valence-electron chi connectivity index (χ2n) is 9.12. The number of hydrogen-bond donors (Lipinski definition) is 4. The molecule has 1 aliphatic carbocycles. The largest absolute Gasteiger partial charge is 0.527 e. The topological polar surface area (TPSA) is 201 Å². The van der Waals surface area contributed by atoms with E-state index in [2.05, 4.69) is 15.0 Å². The van der Waals surface area contributed by atoms with Gasteiger partial charge in [-0.25, -0.2) is 14.1 Å². The Morgan fingerprint density at radius 2 is 1.49 bits per heavy atom. The summed E-state index contributed by atoms with van der Waals surface area (Å²) in [6.07, 6.45) is 1.74. The molecule has 0 saturated heterocycles. The van der Waals surface area contributed by atoms with Gasteiger partial charge < -0.3 is 19.3 Å². The molecule has 0 bridgehead atoms. The maximum absolute atomic E-state index is 12.7. The van der Waals surface area contributed by atoms with Crippen molar-refractivity contribution in [3.8, 4) is 11.5 Å². The normalized spacial score (nSPS) is 21.5. The molecule has 0 amide bonds. The highest BCUT2D eigenvalue weighted by atomic mass is 35.5. The van der Waals surface area contributed by atoms with Crippen molar-refractivity contribution in [2.75, 3.05) is 18.9 Å². The van der Waals surface area contributed by atoms with E-state index in [0.717, 1.165) is 0 Å². The minimum absolute atomic E-state index is 0.0497. The first-order valence-electron chi connectivity index (χ1n) is 12.0. The van der Waals surface area contributed by atoms with Crippen molar-refractivity contribution >= 4 is 56.0 Å². The van der Waals surface area contributed by atoms with Gasteiger partial charge in [-0.05, 0) is 60.9 Å². The molecule has 2 unspecified atom stereocenters. The number of aromatic nitrogens is 4. The molecule has 0 aliphatic heterocycles. The van der Waals surface area contributed by atoms with E-state index in [4.69, 9.17) is 47.0 Å². The Balaban J connectivity index is 1.32. The highest BCUT2D eigenvalue weighted by molar-refractivity contribution is 7.48. The first kappa shape index (κ1) is 29.6. The first-order chi connectivity index (χ1) is 19.4. The standard InChI is InChI=1S/C23H23Cl2N5O9P2/c24-14-1-5-16(6-2-14)38-40(32,33)36-10-13-9-19(30-12-27-20-21(30)28-23(26)29-22(20)31)18(13)11-37-41(34,35)39-17-7-3-15(25)4-8-17/h1-8,12-13,18-19H,9-11H2,(H,32,33)(H,34,35)(H3,26,28,29,31)/t13-,18+,19-/m1/s1. The number of anilines is 1. The van der Waals surface area contributed by atoms with E-state index in [1.165, 1.54) is 54.9 Å². The van der Waals surface area contributed by atoms with Gasteiger partial charge in [0, 0.05) is 22.0 Å². The molecule has 18 heteroatoms. The predicted molar refractivity (Wildman–Crippen MR) is 149 cm³/mol. The van der Waals surface area contributed by atoms with Crippen LogP contribution in [0.2, 0.25) is 10.0 Å². The summed E-state index contributed by atoms with van der Waals surface area (Å²) >= 11 is 11.7. The Bertz CT molecular complexity index is 1700. The Hall–Kier alpha value is -2.93. The van der Waals surface area contributed by atoms with Gasteiger partial charge >= 0.3 is 15.6 Å². The van der Waals surface area contributed by atoms with Crippen molar-refractivity contribution in [3.63, 3.8) is 0 Å². The van der Waals surface area contributed by atoms with E-state index in [1.54, 1.807) is 4.57 Å². The first-order valence-corrected chi connectivity index (χ1v) is 15.7. The van der Waals surface area contributed by atoms with Gasteiger partial charge in [0.1, 0.15) is 11.5 Å². The number of aromatic amines is 1. The van der Waals surface area contributed by atoms with Crippen molar-refractivity contribution in [1.82, 2.24) is 19.5 Å². The molecule has 41 heavy (non-hydrogen) atoms. The number of halogens is 2. The number of H-pyrrole nitrogens is 1. The number of fused-ring (bicyclic) bond motifs is 1. The molecular weight excluding hydrogens is 623 g/mol. The smallest absolute Gasteiger partial charge is 0.404 e. The van der Waals surface area contributed by atoms with E-state index < -0.39 is 39.1 Å². The van der Waals surface area contributed by atoms with Crippen LogP contribution < -0.4 is 20.3 Å². The van der Waals surface area contributed by atoms with E-state index >= 15 is 0 Å². The van der Waals surface area contributed by atoms with Gasteiger partial charge in [-0.1, -0.05) is 23.2 Å². The number of imidazole rings is 1. The SMILES string of the molecule is Nc1nc2c(ncn2[C@@H]2C[C@H](COP(=O)(O)Oc3ccc(Cl)cc3)[C@@H]2COP(=O)(O)Oc2ccc(Cl)cc2)c(=O)[nH]1. The average molecular weight is 646 g/mol. The van der Waals surface area contributed by atoms with Gasteiger partial charge in [-0.2, -0.15) is 4.98 Å². The van der Waals surface area contributed by atoms with Crippen LogP contribution in [0.1, 0.15) is 12.5 Å². The van der Waals surface area contributed by atoms with Gasteiger partial charge in [0.25, 0.3) is 5.56 Å². The number of benzene rings is 2.